The molecule has 1 N–H and O–H groups in total. The van der Waals surface area contributed by atoms with Gasteiger partial charge in [0.1, 0.15) is 11.4 Å². The zero-order valence-electron chi connectivity index (χ0n) is 13.4. The molecule has 1 aliphatic carbocycles. The van der Waals surface area contributed by atoms with Crippen LogP contribution in [0.25, 0.3) is 0 Å². The lowest BCUT2D eigenvalue weighted by Gasteiger charge is -2.46. The molecule has 0 aromatic heterocycles. The molecule has 23 heavy (non-hydrogen) atoms. The number of halogens is 1. The van der Waals surface area contributed by atoms with Crippen molar-refractivity contribution in [2.75, 3.05) is 6.54 Å². The van der Waals surface area contributed by atoms with Crippen LogP contribution in [0.4, 0.5) is 9.18 Å². The van der Waals surface area contributed by atoms with E-state index in [-0.39, 0.29) is 5.92 Å². The number of carbonyl (C=O) groups excluding carboxylic acids is 1. The summed E-state index contributed by atoms with van der Waals surface area (Å²) in [4.78, 5) is 25.7. The summed E-state index contributed by atoms with van der Waals surface area (Å²) in [5.74, 6) is -1.85. The average molecular weight is 321 g/mol. The number of amides is 1. The number of carboxylic acids is 1. The third kappa shape index (κ3) is 2.36. The minimum atomic E-state index is -1.33. The third-order valence-electron chi connectivity index (χ3n) is 4.65. The van der Waals surface area contributed by atoms with E-state index in [1.54, 1.807) is 32.9 Å². The Hall–Kier alpha value is -2.11. The Balaban J connectivity index is 1.94. The van der Waals surface area contributed by atoms with Crippen molar-refractivity contribution < 1.29 is 23.8 Å². The van der Waals surface area contributed by atoms with E-state index in [4.69, 9.17) is 4.74 Å². The zero-order chi connectivity index (χ0) is 17.0. The van der Waals surface area contributed by atoms with Gasteiger partial charge in [-0.1, -0.05) is 12.1 Å². The molecule has 1 saturated carbocycles. The summed E-state index contributed by atoms with van der Waals surface area (Å²) in [5, 5.41) is 9.79. The van der Waals surface area contributed by atoms with Gasteiger partial charge in [0.15, 0.2) is 5.54 Å². The van der Waals surface area contributed by atoms with Gasteiger partial charge >= 0.3 is 12.1 Å². The van der Waals surface area contributed by atoms with Crippen LogP contribution in [-0.4, -0.2) is 39.8 Å². The second-order valence-corrected chi connectivity index (χ2v) is 7.32. The van der Waals surface area contributed by atoms with Crippen molar-refractivity contribution >= 4 is 12.1 Å². The summed E-state index contributed by atoms with van der Waals surface area (Å²) in [5.41, 5.74) is -1.41. The number of rotatable bonds is 2. The highest BCUT2D eigenvalue weighted by Gasteiger charge is 2.70. The molecule has 124 valence electrons. The quantitative estimate of drug-likeness (QED) is 0.909. The van der Waals surface area contributed by atoms with Crippen LogP contribution in [0, 0.1) is 11.7 Å². The molecule has 2 aliphatic heterocycles. The molecule has 6 heteroatoms. The molecule has 5 nitrogen and oxygen atoms in total. The van der Waals surface area contributed by atoms with Crippen molar-refractivity contribution in [2.45, 2.75) is 44.2 Å². The molecule has 1 aromatic rings. The molecule has 0 radical (unpaired) electrons. The molecule has 1 aromatic carbocycles. The van der Waals surface area contributed by atoms with Crippen LogP contribution < -0.4 is 0 Å². The Morgan fingerprint density at radius 3 is 2.65 bits per heavy atom. The number of hydrogen-bond donors (Lipinski definition) is 1. The maximum Gasteiger partial charge on any atom is 0.411 e. The van der Waals surface area contributed by atoms with E-state index in [0.29, 0.717) is 18.5 Å². The number of ether oxygens (including phenoxy) is 1. The Kier molecular flexibility index (Phi) is 3.39. The number of hydrogen-bond acceptors (Lipinski definition) is 3. The van der Waals surface area contributed by atoms with Crippen LogP contribution in [0.1, 0.15) is 38.7 Å². The molecule has 4 rings (SSSR count). The van der Waals surface area contributed by atoms with Gasteiger partial charge in [0.25, 0.3) is 0 Å². The fourth-order valence-electron chi connectivity index (χ4n) is 3.86. The average Bonchev–Trinajstić information content (AvgIpc) is 2.91. The zero-order valence-corrected chi connectivity index (χ0v) is 13.4. The minimum absolute atomic E-state index is 0.0143. The van der Waals surface area contributed by atoms with Crippen molar-refractivity contribution in [1.29, 1.82) is 0 Å². The summed E-state index contributed by atoms with van der Waals surface area (Å²) in [6.07, 6.45) is -0.246. The van der Waals surface area contributed by atoms with Crippen molar-refractivity contribution in [3.63, 3.8) is 0 Å². The van der Waals surface area contributed by atoms with Gasteiger partial charge in [-0.3, -0.25) is 4.90 Å². The fourth-order valence-corrected chi connectivity index (χ4v) is 3.86. The summed E-state index contributed by atoms with van der Waals surface area (Å²) < 4.78 is 18.9. The van der Waals surface area contributed by atoms with Gasteiger partial charge in [0, 0.05) is 12.5 Å². The van der Waals surface area contributed by atoms with Crippen LogP contribution in [-0.2, 0) is 9.53 Å². The normalized spacial score (nSPS) is 29.1. The molecule has 3 atom stereocenters. The van der Waals surface area contributed by atoms with Gasteiger partial charge in [-0.15, -0.1) is 0 Å². The maximum absolute atomic E-state index is 13.5. The first-order valence-electron chi connectivity index (χ1n) is 7.64. The Labute approximate surface area is 134 Å². The molecule has 1 amide bonds. The van der Waals surface area contributed by atoms with E-state index < -0.39 is 34.9 Å². The second-order valence-electron chi connectivity index (χ2n) is 7.32. The molecule has 3 fully saturated rings. The summed E-state index contributed by atoms with van der Waals surface area (Å²) in [6.45, 7) is 5.54. The number of aliphatic carboxylic acids is 1. The molecule has 3 unspecified atom stereocenters. The monoisotopic (exact) mass is 321 g/mol. The van der Waals surface area contributed by atoms with Gasteiger partial charge in [0.2, 0.25) is 0 Å². The molecule has 0 spiro atoms. The van der Waals surface area contributed by atoms with E-state index in [1.807, 2.05) is 0 Å². The molecule has 2 heterocycles. The third-order valence-corrected chi connectivity index (χ3v) is 4.65. The molecule has 2 bridgehead atoms. The predicted octanol–water partition coefficient (Wildman–Crippen LogP) is 3.00. The lowest BCUT2D eigenvalue weighted by Crippen LogP contribution is -2.60. The molecule has 3 aliphatic rings. The first-order valence-corrected chi connectivity index (χ1v) is 7.64. The van der Waals surface area contributed by atoms with E-state index in [2.05, 4.69) is 0 Å². The Morgan fingerprint density at radius 1 is 1.39 bits per heavy atom. The van der Waals surface area contributed by atoms with Crippen LogP contribution in [0.3, 0.4) is 0 Å². The summed E-state index contributed by atoms with van der Waals surface area (Å²) in [6, 6.07) is 5.96. The van der Waals surface area contributed by atoms with Crippen LogP contribution >= 0.6 is 0 Å². The van der Waals surface area contributed by atoms with Gasteiger partial charge in [-0.25, -0.2) is 14.0 Å². The molecule has 2 saturated heterocycles. The molecular weight excluding hydrogens is 301 g/mol. The topological polar surface area (TPSA) is 66.8 Å². The number of carbonyl (C=O) groups is 2. The highest BCUT2D eigenvalue weighted by molar-refractivity contribution is 5.89. The Morgan fingerprint density at radius 2 is 2.09 bits per heavy atom. The SMILES string of the molecule is CC(C)(C)OC(=O)N1CC2CC1(C(=O)O)C2c1cccc(F)c1. The van der Waals surface area contributed by atoms with Crippen LogP contribution in [0.2, 0.25) is 0 Å². The number of carboxylic acid groups (broad SMARTS) is 1. The Bertz CT molecular complexity index is 669. The smallest absolute Gasteiger partial charge is 0.411 e. The van der Waals surface area contributed by atoms with E-state index in [9.17, 15) is 19.1 Å². The van der Waals surface area contributed by atoms with Crippen LogP contribution in [0.5, 0.6) is 0 Å². The van der Waals surface area contributed by atoms with Gasteiger partial charge in [-0.2, -0.15) is 0 Å². The summed E-state index contributed by atoms with van der Waals surface area (Å²) >= 11 is 0. The lowest BCUT2D eigenvalue weighted by molar-refractivity contribution is -0.154. The first kappa shape index (κ1) is 15.8. The van der Waals surface area contributed by atoms with Crippen molar-refractivity contribution in [1.82, 2.24) is 4.90 Å². The second kappa shape index (κ2) is 4.94. The highest BCUT2D eigenvalue weighted by atomic mass is 19.1. The van der Waals surface area contributed by atoms with Crippen molar-refractivity contribution in [3.05, 3.63) is 35.6 Å². The lowest BCUT2D eigenvalue weighted by atomic mass is 9.60. The number of nitrogens with zero attached hydrogens (tertiary/aromatic N) is 1. The van der Waals surface area contributed by atoms with Gasteiger partial charge in [0.05, 0.1) is 0 Å². The van der Waals surface area contributed by atoms with Crippen molar-refractivity contribution in [3.8, 4) is 0 Å². The number of fused-ring (bicyclic) bond motifs is 1. The maximum atomic E-state index is 13.5. The predicted molar refractivity (Wildman–Crippen MR) is 80.6 cm³/mol. The minimum Gasteiger partial charge on any atom is -0.479 e. The molecular formula is C17H20FNO4. The fraction of sp³-hybridized carbons (Fsp3) is 0.529. The first-order chi connectivity index (χ1) is 10.6. The van der Waals surface area contributed by atoms with E-state index >= 15 is 0 Å². The van der Waals surface area contributed by atoms with Crippen LogP contribution in [0.15, 0.2) is 24.3 Å². The summed E-state index contributed by atoms with van der Waals surface area (Å²) in [7, 11) is 0. The van der Waals surface area contributed by atoms with Gasteiger partial charge < -0.3 is 9.84 Å². The van der Waals surface area contributed by atoms with Gasteiger partial charge in [-0.05, 0) is 50.8 Å². The highest BCUT2D eigenvalue weighted by Crippen LogP contribution is 2.60. The van der Waals surface area contributed by atoms with E-state index in [0.717, 1.165) is 0 Å². The standard InChI is InChI=1S/C17H20FNO4/c1-16(2,3)23-15(22)19-9-11-8-17(19,14(20)21)13(11)10-5-4-6-12(18)7-10/h4-7,11,13H,8-9H2,1-3H3,(H,20,21). The van der Waals surface area contributed by atoms with Crippen molar-refractivity contribution in [2.24, 2.45) is 5.92 Å². The van der Waals surface area contributed by atoms with E-state index in [1.165, 1.54) is 17.0 Å². The number of benzene rings is 1. The largest absolute Gasteiger partial charge is 0.479 e.